The van der Waals surface area contributed by atoms with Crippen molar-refractivity contribution >= 4 is 27.3 Å². The molecule has 8 heteroatoms. The van der Waals surface area contributed by atoms with Crippen molar-refractivity contribution in [1.29, 1.82) is 0 Å². The number of rotatable bonds is 5. The fourth-order valence-corrected chi connectivity index (χ4v) is 6.78. The molecule has 1 aliphatic heterocycles. The van der Waals surface area contributed by atoms with E-state index in [0.29, 0.717) is 35.8 Å². The lowest BCUT2D eigenvalue weighted by atomic mass is 10.1. The Morgan fingerprint density at radius 2 is 1.76 bits per heavy atom. The number of carbonyl (C=O) groups excluding carboxylic acids is 1. The highest BCUT2D eigenvalue weighted by Crippen LogP contribution is 2.59. The van der Waals surface area contributed by atoms with Gasteiger partial charge >= 0.3 is 0 Å². The molecule has 1 saturated carbocycles. The minimum Gasteiger partial charge on any atom is -0.493 e. The van der Waals surface area contributed by atoms with Crippen molar-refractivity contribution in [2.45, 2.75) is 25.0 Å². The van der Waals surface area contributed by atoms with E-state index < -0.39 is 20.7 Å². The number of anilines is 2. The van der Waals surface area contributed by atoms with Gasteiger partial charge in [-0.1, -0.05) is 18.2 Å². The maximum atomic E-state index is 13.4. The summed E-state index contributed by atoms with van der Waals surface area (Å²) < 4.78 is 37.3. The number of hydrogen-bond donors (Lipinski definition) is 1. The van der Waals surface area contributed by atoms with E-state index in [1.807, 2.05) is 32.0 Å². The molecular formula is C21H24N2O5S. The molecule has 2 aliphatic rings. The Bertz CT molecular complexity index is 1080. The van der Waals surface area contributed by atoms with Crippen molar-refractivity contribution in [3.63, 3.8) is 0 Å². The van der Waals surface area contributed by atoms with Gasteiger partial charge in [-0.2, -0.15) is 0 Å². The number of benzene rings is 2. The van der Waals surface area contributed by atoms with Gasteiger partial charge in [-0.3, -0.25) is 9.10 Å². The van der Waals surface area contributed by atoms with Gasteiger partial charge in [0, 0.05) is 24.2 Å². The Morgan fingerprint density at radius 1 is 1.10 bits per heavy atom. The molecule has 154 valence electrons. The average molecular weight is 416 g/mol. The van der Waals surface area contributed by atoms with E-state index in [9.17, 15) is 13.2 Å². The SMILES string of the molecule is COc1ccc(NC(=O)[C@]23C[C@H]2CN(c2c(C)cccc2C)S3(=O)=O)cc1OC. The summed E-state index contributed by atoms with van der Waals surface area (Å²) in [5.74, 6) is 0.277. The predicted octanol–water partition coefficient (Wildman–Crippen LogP) is 2.87. The summed E-state index contributed by atoms with van der Waals surface area (Å²) >= 11 is 0. The lowest BCUT2D eigenvalue weighted by Crippen LogP contribution is -2.42. The van der Waals surface area contributed by atoms with Crippen molar-refractivity contribution in [3.05, 3.63) is 47.5 Å². The van der Waals surface area contributed by atoms with E-state index in [0.717, 1.165) is 11.1 Å². The lowest BCUT2D eigenvalue weighted by Gasteiger charge is -2.26. The molecular weight excluding hydrogens is 392 g/mol. The maximum absolute atomic E-state index is 13.4. The molecule has 0 aromatic heterocycles. The molecule has 29 heavy (non-hydrogen) atoms. The molecule has 1 heterocycles. The first kappa shape index (κ1) is 19.6. The first-order valence-corrected chi connectivity index (χ1v) is 10.8. The van der Waals surface area contributed by atoms with Crippen LogP contribution < -0.4 is 19.1 Å². The highest BCUT2D eigenvalue weighted by Gasteiger charge is 2.75. The molecule has 4 rings (SSSR count). The van der Waals surface area contributed by atoms with Gasteiger partial charge in [0.1, 0.15) is 0 Å². The standard InChI is InChI=1S/C21H24N2O5S/c1-13-6-5-7-14(2)19(13)23-12-15-11-21(15,29(23,25)26)20(24)22-16-8-9-17(27-3)18(10-16)28-4/h5-10,15H,11-12H2,1-4H3,(H,22,24)/t15-,21-/m0/s1. The summed E-state index contributed by atoms with van der Waals surface area (Å²) in [4.78, 5) is 13.1. The monoisotopic (exact) mass is 416 g/mol. The van der Waals surface area contributed by atoms with Gasteiger partial charge in [0.05, 0.1) is 19.9 Å². The lowest BCUT2D eigenvalue weighted by molar-refractivity contribution is -0.116. The number of fused-ring (bicyclic) bond motifs is 1. The van der Waals surface area contributed by atoms with Crippen molar-refractivity contribution in [1.82, 2.24) is 0 Å². The molecule has 1 amide bonds. The molecule has 0 bridgehead atoms. The first-order chi connectivity index (χ1) is 13.8. The Balaban J connectivity index is 1.64. The zero-order valence-corrected chi connectivity index (χ0v) is 17.7. The van der Waals surface area contributed by atoms with Gasteiger partial charge in [-0.15, -0.1) is 0 Å². The smallest absolute Gasteiger partial charge is 0.250 e. The van der Waals surface area contributed by atoms with Gasteiger partial charge < -0.3 is 14.8 Å². The quantitative estimate of drug-likeness (QED) is 0.810. The van der Waals surface area contributed by atoms with E-state index in [1.165, 1.54) is 18.5 Å². The second-order valence-corrected chi connectivity index (χ2v) is 9.71. The summed E-state index contributed by atoms with van der Waals surface area (Å²) in [5, 5.41) is 2.77. The van der Waals surface area contributed by atoms with E-state index in [4.69, 9.17) is 9.47 Å². The van der Waals surface area contributed by atoms with Gasteiger partial charge in [-0.25, -0.2) is 8.42 Å². The van der Waals surface area contributed by atoms with E-state index >= 15 is 0 Å². The number of aryl methyl sites for hydroxylation is 2. The number of ether oxygens (including phenoxy) is 2. The Hall–Kier alpha value is -2.74. The van der Waals surface area contributed by atoms with Crippen LogP contribution in [0.5, 0.6) is 11.5 Å². The third-order valence-corrected chi connectivity index (χ3v) is 8.42. The van der Waals surface area contributed by atoms with Crippen LogP contribution in [0, 0.1) is 19.8 Å². The van der Waals surface area contributed by atoms with Crippen molar-refractivity contribution in [3.8, 4) is 11.5 Å². The third-order valence-electron chi connectivity index (χ3n) is 5.90. The number of para-hydroxylation sites is 1. The Morgan fingerprint density at radius 3 is 2.38 bits per heavy atom. The number of nitrogens with zero attached hydrogens (tertiary/aromatic N) is 1. The van der Waals surface area contributed by atoms with Crippen LogP contribution >= 0.6 is 0 Å². The third kappa shape index (κ3) is 2.77. The molecule has 1 aliphatic carbocycles. The van der Waals surface area contributed by atoms with Crippen LogP contribution in [0.2, 0.25) is 0 Å². The van der Waals surface area contributed by atoms with Crippen LogP contribution in [0.25, 0.3) is 0 Å². The van der Waals surface area contributed by atoms with E-state index in [-0.39, 0.29) is 5.92 Å². The number of nitrogens with one attached hydrogen (secondary N) is 1. The van der Waals surface area contributed by atoms with Gasteiger partial charge in [0.15, 0.2) is 16.2 Å². The maximum Gasteiger partial charge on any atom is 0.250 e. The van der Waals surface area contributed by atoms with Crippen molar-refractivity contribution in [2.24, 2.45) is 5.92 Å². The number of amides is 1. The zero-order chi connectivity index (χ0) is 21.0. The number of carbonyl (C=O) groups is 1. The van der Waals surface area contributed by atoms with Gasteiger partial charge in [0.25, 0.3) is 0 Å². The molecule has 2 aromatic carbocycles. The highest BCUT2D eigenvalue weighted by molar-refractivity contribution is 7.95. The van der Waals surface area contributed by atoms with Crippen LogP contribution in [-0.2, 0) is 14.8 Å². The summed E-state index contributed by atoms with van der Waals surface area (Å²) in [5.41, 5.74) is 2.90. The van der Waals surface area contributed by atoms with E-state index in [1.54, 1.807) is 18.2 Å². The van der Waals surface area contributed by atoms with Crippen molar-refractivity contribution < 1.29 is 22.7 Å². The normalized spacial score (nSPS) is 24.0. The fraction of sp³-hybridized carbons (Fsp3) is 0.381. The molecule has 1 saturated heterocycles. The van der Waals surface area contributed by atoms with Crippen LogP contribution in [0.4, 0.5) is 11.4 Å². The second kappa shape index (κ2) is 6.66. The molecule has 0 spiro atoms. The molecule has 0 unspecified atom stereocenters. The minimum absolute atomic E-state index is 0.216. The first-order valence-electron chi connectivity index (χ1n) is 9.38. The zero-order valence-electron chi connectivity index (χ0n) is 16.9. The minimum atomic E-state index is -3.83. The summed E-state index contributed by atoms with van der Waals surface area (Å²) in [6.45, 7) is 4.10. The van der Waals surface area contributed by atoms with Crippen LogP contribution in [0.1, 0.15) is 17.5 Å². The molecule has 0 radical (unpaired) electrons. The number of methoxy groups -OCH3 is 2. The second-order valence-electron chi connectivity index (χ2n) is 7.59. The number of hydrogen-bond acceptors (Lipinski definition) is 5. The molecule has 2 fully saturated rings. The Labute approximate surface area is 170 Å². The van der Waals surface area contributed by atoms with Crippen LogP contribution in [0.3, 0.4) is 0 Å². The highest BCUT2D eigenvalue weighted by atomic mass is 32.2. The van der Waals surface area contributed by atoms with E-state index in [2.05, 4.69) is 5.32 Å². The molecule has 2 atom stereocenters. The predicted molar refractivity (Wildman–Crippen MR) is 111 cm³/mol. The fourth-order valence-electron chi connectivity index (χ4n) is 4.29. The largest absolute Gasteiger partial charge is 0.493 e. The average Bonchev–Trinajstić information content (AvgIpc) is 3.38. The summed E-state index contributed by atoms with van der Waals surface area (Å²) in [7, 11) is -0.806. The summed E-state index contributed by atoms with van der Waals surface area (Å²) in [6.07, 6.45) is 0.343. The van der Waals surface area contributed by atoms with Crippen molar-refractivity contribution in [2.75, 3.05) is 30.4 Å². The Kier molecular flexibility index (Phi) is 4.49. The molecule has 2 aromatic rings. The van der Waals surface area contributed by atoms with Crippen LogP contribution in [-0.4, -0.2) is 39.8 Å². The van der Waals surface area contributed by atoms with Gasteiger partial charge in [0.2, 0.25) is 15.9 Å². The topological polar surface area (TPSA) is 84.9 Å². The van der Waals surface area contributed by atoms with Gasteiger partial charge in [-0.05, 0) is 43.5 Å². The van der Waals surface area contributed by atoms with Crippen LogP contribution in [0.15, 0.2) is 36.4 Å². The summed E-state index contributed by atoms with van der Waals surface area (Å²) in [6, 6.07) is 10.6. The molecule has 1 N–H and O–H groups in total. The molecule has 7 nitrogen and oxygen atoms in total. The number of sulfonamides is 1.